The third-order valence-electron chi connectivity index (χ3n) is 6.38. The molecule has 1 aromatic carbocycles. The number of anilines is 2. The lowest BCUT2D eigenvalue weighted by Gasteiger charge is -2.33. The molecule has 2 aliphatic heterocycles. The fraction of sp³-hybridized carbons (Fsp3) is 0.333. The average molecular weight is 446 g/mol. The molecule has 32 heavy (non-hydrogen) atoms. The fourth-order valence-electron chi connectivity index (χ4n) is 4.72. The first kappa shape index (κ1) is 20.5. The molecule has 0 spiro atoms. The van der Waals surface area contributed by atoms with Crippen LogP contribution in [0.4, 0.5) is 11.8 Å². The van der Waals surface area contributed by atoms with Crippen molar-refractivity contribution in [3.05, 3.63) is 74.2 Å². The number of hydrogen-bond acceptors (Lipinski definition) is 6. The van der Waals surface area contributed by atoms with Gasteiger partial charge in [0.1, 0.15) is 11.7 Å². The lowest BCUT2D eigenvalue weighted by atomic mass is 9.83. The van der Waals surface area contributed by atoms with Crippen LogP contribution in [-0.4, -0.2) is 29.0 Å². The average Bonchev–Trinajstić information content (AvgIpc) is 3.34. The number of piperidine rings is 1. The van der Waals surface area contributed by atoms with Gasteiger partial charge >= 0.3 is 0 Å². The van der Waals surface area contributed by atoms with E-state index in [4.69, 9.17) is 0 Å². The van der Waals surface area contributed by atoms with Gasteiger partial charge < -0.3 is 10.2 Å². The van der Waals surface area contributed by atoms with Gasteiger partial charge in [-0.3, -0.25) is 14.6 Å². The molecular formula is C24H23N5O2S. The number of nitrogens with one attached hydrogen (secondary N) is 2. The summed E-state index contributed by atoms with van der Waals surface area (Å²) in [6.45, 7) is 1.59. The van der Waals surface area contributed by atoms with E-state index in [1.807, 2.05) is 23.6 Å². The number of aromatic amines is 1. The Labute approximate surface area is 189 Å². The van der Waals surface area contributed by atoms with Crippen LogP contribution in [0.5, 0.6) is 0 Å². The molecule has 0 aliphatic carbocycles. The number of thiophene rings is 1. The number of benzene rings is 1. The summed E-state index contributed by atoms with van der Waals surface area (Å²) < 4.78 is 0. The van der Waals surface area contributed by atoms with E-state index < -0.39 is 17.7 Å². The quantitative estimate of drug-likeness (QED) is 0.640. The maximum absolute atomic E-state index is 13.1. The number of aromatic nitrogens is 2. The molecule has 2 unspecified atom stereocenters. The van der Waals surface area contributed by atoms with E-state index >= 15 is 0 Å². The predicted octanol–water partition coefficient (Wildman–Crippen LogP) is 3.51. The smallest absolute Gasteiger partial charge is 0.258 e. The number of nitriles is 1. The Morgan fingerprint density at radius 1 is 1.12 bits per heavy atom. The molecule has 2 N–H and O–H groups in total. The number of hydrogen-bond donors (Lipinski definition) is 2. The monoisotopic (exact) mass is 445 g/mol. The maximum Gasteiger partial charge on any atom is 0.258 e. The zero-order valence-corrected chi connectivity index (χ0v) is 18.3. The summed E-state index contributed by atoms with van der Waals surface area (Å²) in [5, 5.41) is 14.2. The van der Waals surface area contributed by atoms with Crippen LogP contribution < -0.4 is 15.8 Å². The van der Waals surface area contributed by atoms with E-state index in [9.17, 15) is 14.9 Å². The van der Waals surface area contributed by atoms with Gasteiger partial charge in [-0.1, -0.05) is 36.4 Å². The lowest BCUT2D eigenvalue weighted by Crippen LogP contribution is -2.40. The van der Waals surface area contributed by atoms with E-state index in [0.717, 1.165) is 37.2 Å². The van der Waals surface area contributed by atoms with Crippen molar-refractivity contribution < 1.29 is 4.79 Å². The minimum atomic E-state index is -0.955. The van der Waals surface area contributed by atoms with Crippen molar-refractivity contribution >= 4 is 29.0 Å². The first-order valence-electron chi connectivity index (χ1n) is 10.8. The van der Waals surface area contributed by atoms with Gasteiger partial charge in [-0.05, 0) is 42.2 Å². The molecule has 0 bridgehead atoms. The third kappa shape index (κ3) is 3.80. The molecule has 7 nitrogen and oxygen atoms in total. The number of H-pyrrole nitrogens is 1. The highest BCUT2D eigenvalue weighted by Crippen LogP contribution is 2.40. The number of amides is 1. The largest absolute Gasteiger partial charge is 0.342 e. The second-order valence-corrected chi connectivity index (χ2v) is 9.34. The summed E-state index contributed by atoms with van der Waals surface area (Å²) in [5.74, 6) is -0.631. The van der Waals surface area contributed by atoms with Gasteiger partial charge in [-0.15, -0.1) is 11.3 Å². The van der Waals surface area contributed by atoms with Crippen molar-refractivity contribution in [2.75, 3.05) is 23.3 Å². The molecule has 8 heteroatoms. The van der Waals surface area contributed by atoms with Crippen LogP contribution in [0.15, 0.2) is 52.6 Å². The minimum absolute atomic E-state index is 0.269. The zero-order chi connectivity index (χ0) is 22.1. The van der Waals surface area contributed by atoms with Crippen LogP contribution in [0.25, 0.3) is 0 Å². The Balaban J connectivity index is 1.38. The highest BCUT2D eigenvalue weighted by Gasteiger charge is 2.41. The Kier molecular flexibility index (Phi) is 5.50. The van der Waals surface area contributed by atoms with Crippen LogP contribution in [-0.2, 0) is 11.2 Å². The molecule has 0 saturated carbocycles. The molecule has 2 aromatic heterocycles. The van der Waals surface area contributed by atoms with Crippen LogP contribution >= 0.6 is 11.3 Å². The van der Waals surface area contributed by atoms with E-state index in [1.165, 1.54) is 16.9 Å². The highest BCUT2D eigenvalue weighted by atomic mass is 32.1. The standard InChI is InChI=1S/C24H23N5O2S/c25-14-17-19(18-7-4-12-32-18)20-21(26-22(17)30)27-24(28-23(20)31)29-10-8-16(9-11-29)13-15-5-2-1-3-6-15/h1-7,12,16-17,19H,8-11,13H2,(H2,26,27,28,30,31). The summed E-state index contributed by atoms with van der Waals surface area (Å²) >= 11 is 1.43. The van der Waals surface area contributed by atoms with Crippen molar-refractivity contribution in [2.45, 2.75) is 25.2 Å². The van der Waals surface area contributed by atoms with E-state index in [0.29, 0.717) is 17.4 Å². The van der Waals surface area contributed by atoms with Crippen LogP contribution in [0.2, 0.25) is 0 Å². The fourth-order valence-corrected chi connectivity index (χ4v) is 5.59. The molecule has 5 rings (SSSR count). The highest BCUT2D eigenvalue weighted by molar-refractivity contribution is 7.10. The first-order valence-corrected chi connectivity index (χ1v) is 11.7. The van der Waals surface area contributed by atoms with Gasteiger partial charge in [-0.2, -0.15) is 10.2 Å². The molecule has 4 heterocycles. The van der Waals surface area contributed by atoms with Crippen LogP contribution in [0.3, 0.4) is 0 Å². The van der Waals surface area contributed by atoms with Crippen molar-refractivity contribution in [3.63, 3.8) is 0 Å². The first-order chi connectivity index (χ1) is 15.6. The van der Waals surface area contributed by atoms with Crippen molar-refractivity contribution in [1.82, 2.24) is 9.97 Å². The van der Waals surface area contributed by atoms with Crippen LogP contribution in [0, 0.1) is 23.2 Å². The maximum atomic E-state index is 13.1. The molecule has 1 amide bonds. The Bertz CT molecular complexity index is 1210. The summed E-state index contributed by atoms with van der Waals surface area (Å²) in [4.78, 5) is 36.2. The second-order valence-electron chi connectivity index (χ2n) is 8.36. The van der Waals surface area contributed by atoms with Gasteiger partial charge in [-0.25, -0.2) is 0 Å². The molecule has 2 aliphatic rings. The van der Waals surface area contributed by atoms with Gasteiger partial charge in [0.05, 0.1) is 17.6 Å². The van der Waals surface area contributed by atoms with Crippen molar-refractivity contribution in [3.8, 4) is 6.07 Å². The Hall–Kier alpha value is -3.44. The summed E-state index contributed by atoms with van der Waals surface area (Å²) in [6, 6.07) is 16.3. The molecule has 3 aromatic rings. The zero-order valence-electron chi connectivity index (χ0n) is 17.5. The third-order valence-corrected chi connectivity index (χ3v) is 7.34. The van der Waals surface area contributed by atoms with E-state index in [-0.39, 0.29) is 11.4 Å². The number of fused-ring (bicyclic) bond motifs is 1. The lowest BCUT2D eigenvalue weighted by molar-refractivity contribution is -0.119. The summed E-state index contributed by atoms with van der Waals surface area (Å²) in [5.41, 5.74) is 1.41. The Morgan fingerprint density at radius 3 is 2.59 bits per heavy atom. The van der Waals surface area contributed by atoms with Gasteiger partial charge in [0.15, 0.2) is 0 Å². The minimum Gasteiger partial charge on any atom is -0.342 e. The number of rotatable bonds is 4. The number of nitrogens with zero attached hydrogens (tertiary/aromatic N) is 3. The summed E-state index contributed by atoms with van der Waals surface area (Å²) in [6.07, 6.45) is 3.07. The molecule has 162 valence electrons. The second kappa shape index (κ2) is 8.60. The normalized spacial score (nSPS) is 21.0. The SMILES string of the molecule is N#CC1C(=O)Nc2nc(N3CCC(Cc4ccccc4)CC3)[nH]c(=O)c2C1c1cccs1. The summed E-state index contributed by atoms with van der Waals surface area (Å²) in [7, 11) is 0. The predicted molar refractivity (Wildman–Crippen MR) is 124 cm³/mol. The number of carbonyl (C=O) groups excluding carboxylic acids is 1. The van der Waals surface area contributed by atoms with Gasteiger partial charge in [0.2, 0.25) is 11.9 Å². The molecular weight excluding hydrogens is 422 g/mol. The van der Waals surface area contributed by atoms with Crippen LogP contribution in [0.1, 0.15) is 34.8 Å². The Morgan fingerprint density at radius 2 is 1.91 bits per heavy atom. The van der Waals surface area contributed by atoms with E-state index in [1.54, 1.807) is 0 Å². The number of carbonyl (C=O) groups is 1. The van der Waals surface area contributed by atoms with Crippen molar-refractivity contribution in [1.29, 1.82) is 5.26 Å². The van der Waals surface area contributed by atoms with Gasteiger partial charge in [0.25, 0.3) is 5.56 Å². The molecule has 1 saturated heterocycles. The topological polar surface area (TPSA) is 102 Å². The molecule has 2 atom stereocenters. The van der Waals surface area contributed by atoms with E-state index in [2.05, 4.69) is 50.5 Å². The van der Waals surface area contributed by atoms with Gasteiger partial charge in [0, 0.05) is 18.0 Å². The molecule has 1 fully saturated rings. The molecule has 0 radical (unpaired) electrons. The van der Waals surface area contributed by atoms with Crippen molar-refractivity contribution in [2.24, 2.45) is 11.8 Å².